The number of aromatic nitrogens is 1. The van der Waals surface area contributed by atoms with Crippen LogP contribution >= 0.6 is 0 Å². The Bertz CT molecular complexity index is 539. The van der Waals surface area contributed by atoms with Gasteiger partial charge in [0.1, 0.15) is 0 Å². The minimum absolute atomic E-state index is 0.0835. The van der Waals surface area contributed by atoms with Crippen LogP contribution in [-0.2, 0) is 9.53 Å². The van der Waals surface area contributed by atoms with Crippen LogP contribution < -0.4 is 9.64 Å². The number of pyridine rings is 1. The highest BCUT2D eigenvalue weighted by Gasteiger charge is 2.41. The lowest BCUT2D eigenvalue weighted by molar-refractivity contribution is -0.133. The summed E-state index contributed by atoms with van der Waals surface area (Å²) in [5.74, 6) is 1.66. The Balaban J connectivity index is 2.41. The number of anilines is 1. The number of carbonyl (C=O) groups excluding carboxylic acids is 1. The molecule has 0 bridgehead atoms. The smallest absolute Gasteiger partial charge is 0.271 e. The molecule has 0 saturated heterocycles. The van der Waals surface area contributed by atoms with E-state index in [0.29, 0.717) is 30.6 Å². The average Bonchev–Trinajstić information content (AvgIpc) is 2.49. The molecule has 0 atom stereocenters. The van der Waals surface area contributed by atoms with Gasteiger partial charge in [-0.25, -0.2) is 4.98 Å². The Morgan fingerprint density at radius 3 is 2.64 bits per heavy atom. The van der Waals surface area contributed by atoms with Crippen LogP contribution in [0.15, 0.2) is 12.3 Å². The van der Waals surface area contributed by atoms with Crippen molar-refractivity contribution in [3.63, 3.8) is 0 Å². The highest BCUT2D eigenvalue weighted by Crippen LogP contribution is 2.38. The van der Waals surface area contributed by atoms with E-state index in [1.807, 2.05) is 12.3 Å². The summed E-state index contributed by atoms with van der Waals surface area (Å²) in [6.07, 6.45) is 3.99. The van der Waals surface area contributed by atoms with Crippen molar-refractivity contribution in [1.82, 2.24) is 4.98 Å². The van der Waals surface area contributed by atoms with Crippen molar-refractivity contribution in [3.05, 3.63) is 17.8 Å². The molecule has 0 N–H and O–H groups in total. The Kier molecular flexibility index (Phi) is 5.06. The predicted molar refractivity (Wildman–Crippen MR) is 86.5 cm³/mol. The predicted octanol–water partition coefficient (Wildman–Crippen LogP) is 3.14. The molecule has 22 heavy (non-hydrogen) atoms. The van der Waals surface area contributed by atoms with E-state index in [1.54, 1.807) is 25.9 Å². The standard InChI is InChI=1S/C17H26N2O3/c1-6-12(7-2)13-10-14-15(18-11-13)19(8-9-21-5)16(20)17(3,4)22-14/h10-12H,6-9H2,1-5H3. The first-order chi connectivity index (χ1) is 10.4. The number of hydrogen-bond acceptors (Lipinski definition) is 4. The summed E-state index contributed by atoms with van der Waals surface area (Å²) >= 11 is 0. The van der Waals surface area contributed by atoms with Gasteiger partial charge in [0.25, 0.3) is 5.91 Å². The van der Waals surface area contributed by atoms with Gasteiger partial charge in [0.2, 0.25) is 0 Å². The van der Waals surface area contributed by atoms with E-state index in [0.717, 1.165) is 12.8 Å². The molecule has 0 spiro atoms. The molecular weight excluding hydrogens is 280 g/mol. The van der Waals surface area contributed by atoms with Crippen molar-refractivity contribution in [2.75, 3.05) is 25.2 Å². The summed E-state index contributed by atoms with van der Waals surface area (Å²) in [6.45, 7) is 8.88. The second-order valence-corrected chi connectivity index (χ2v) is 6.17. The Morgan fingerprint density at radius 2 is 2.05 bits per heavy atom. The molecule has 0 unspecified atom stereocenters. The first kappa shape index (κ1) is 16.7. The van der Waals surface area contributed by atoms with Gasteiger partial charge >= 0.3 is 0 Å². The molecule has 0 aliphatic carbocycles. The number of rotatable bonds is 6. The van der Waals surface area contributed by atoms with Crippen molar-refractivity contribution in [3.8, 4) is 5.75 Å². The summed E-state index contributed by atoms with van der Waals surface area (Å²) in [7, 11) is 1.63. The van der Waals surface area contributed by atoms with Crippen LogP contribution in [0.5, 0.6) is 5.75 Å². The molecule has 2 heterocycles. The number of carbonyl (C=O) groups is 1. The van der Waals surface area contributed by atoms with Gasteiger partial charge in [-0.3, -0.25) is 9.69 Å². The molecule has 0 saturated carbocycles. The molecule has 1 aliphatic heterocycles. The van der Waals surface area contributed by atoms with Crippen LogP contribution in [0.4, 0.5) is 5.82 Å². The number of nitrogens with zero attached hydrogens (tertiary/aromatic N) is 2. The third-order valence-electron chi connectivity index (χ3n) is 4.21. The lowest BCUT2D eigenvalue weighted by atomic mass is 9.95. The van der Waals surface area contributed by atoms with Crippen LogP contribution in [0.3, 0.4) is 0 Å². The SMILES string of the molecule is CCC(CC)c1cnc2c(c1)OC(C)(C)C(=O)N2CCOC. The number of methoxy groups -OCH3 is 1. The fraction of sp³-hybridized carbons (Fsp3) is 0.647. The van der Waals surface area contributed by atoms with Gasteiger partial charge in [-0.05, 0) is 44.2 Å². The highest BCUT2D eigenvalue weighted by atomic mass is 16.5. The molecular formula is C17H26N2O3. The molecule has 1 aliphatic rings. The van der Waals surface area contributed by atoms with E-state index in [1.165, 1.54) is 5.56 Å². The summed E-state index contributed by atoms with van der Waals surface area (Å²) in [6, 6.07) is 2.04. The van der Waals surface area contributed by atoms with Crippen LogP contribution in [0.25, 0.3) is 0 Å². The lowest BCUT2D eigenvalue weighted by Crippen LogP contribution is -2.53. The highest BCUT2D eigenvalue weighted by molar-refractivity contribution is 6.01. The summed E-state index contributed by atoms with van der Waals surface area (Å²) in [5.41, 5.74) is 0.287. The topological polar surface area (TPSA) is 51.7 Å². The van der Waals surface area contributed by atoms with Gasteiger partial charge < -0.3 is 9.47 Å². The zero-order valence-corrected chi connectivity index (χ0v) is 14.2. The Labute approximate surface area is 132 Å². The zero-order chi connectivity index (χ0) is 16.3. The molecule has 0 fully saturated rings. The van der Waals surface area contributed by atoms with Gasteiger partial charge in [0.05, 0.1) is 13.2 Å². The normalized spacial score (nSPS) is 16.6. The monoisotopic (exact) mass is 306 g/mol. The van der Waals surface area contributed by atoms with E-state index < -0.39 is 5.60 Å². The van der Waals surface area contributed by atoms with Crippen molar-refractivity contribution in [2.24, 2.45) is 0 Å². The first-order valence-corrected chi connectivity index (χ1v) is 7.94. The minimum atomic E-state index is -0.880. The fourth-order valence-electron chi connectivity index (χ4n) is 2.84. The molecule has 122 valence electrons. The van der Waals surface area contributed by atoms with Crippen molar-refractivity contribution >= 4 is 11.7 Å². The van der Waals surface area contributed by atoms with Crippen LogP contribution in [0.2, 0.25) is 0 Å². The third kappa shape index (κ3) is 3.09. The number of amides is 1. The van der Waals surface area contributed by atoms with Gasteiger partial charge in [0.15, 0.2) is 17.2 Å². The molecule has 1 aromatic heterocycles. The lowest BCUT2D eigenvalue weighted by Gasteiger charge is -2.38. The maximum absolute atomic E-state index is 12.6. The minimum Gasteiger partial charge on any atom is -0.474 e. The van der Waals surface area contributed by atoms with Gasteiger partial charge in [-0.15, -0.1) is 0 Å². The van der Waals surface area contributed by atoms with Crippen LogP contribution in [-0.4, -0.2) is 36.8 Å². The quantitative estimate of drug-likeness (QED) is 0.810. The van der Waals surface area contributed by atoms with E-state index >= 15 is 0 Å². The number of fused-ring (bicyclic) bond motifs is 1. The van der Waals surface area contributed by atoms with E-state index in [2.05, 4.69) is 18.8 Å². The van der Waals surface area contributed by atoms with Gasteiger partial charge in [-0.1, -0.05) is 13.8 Å². The zero-order valence-electron chi connectivity index (χ0n) is 14.2. The van der Waals surface area contributed by atoms with Crippen molar-refractivity contribution in [2.45, 2.75) is 52.1 Å². The maximum Gasteiger partial charge on any atom is 0.271 e. The number of ether oxygens (including phenoxy) is 2. The third-order valence-corrected chi connectivity index (χ3v) is 4.21. The van der Waals surface area contributed by atoms with Crippen molar-refractivity contribution in [1.29, 1.82) is 0 Å². The van der Waals surface area contributed by atoms with Crippen LogP contribution in [0.1, 0.15) is 52.0 Å². The molecule has 1 aromatic rings. The van der Waals surface area contributed by atoms with Crippen LogP contribution in [0, 0.1) is 0 Å². The molecule has 1 amide bonds. The largest absolute Gasteiger partial charge is 0.474 e. The van der Waals surface area contributed by atoms with Gasteiger partial charge in [0, 0.05) is 13.3 Å². The Hall–Kier alpha value is -1.62. The maximum atomic E-state index is 12.6. The van der Waals surface area contributed by atoms with Crippen molar-refractivity contribution < 1.29 is 14.3 Å². The summed E-state index contributed by atoms with van der Waals surface area (Å²) in [5, 5.41) is 0. The molecule has 5 nitrogen and oxygen atoms in total. The number of hydrogen-bond donors (Lipinski definition) is 0. The van der Waals surface area contributed by atoms with E-state index in [4.69, 9.17) is 9.47 Å². The molecule has 2 rings (SSSR count). The first-order valence-electron chi connectivity index (χ1n) is 7.94. The molecule has 0 aromatic carbocycles. The second-order valence-electron chi connectivity index (χ2n) is 6.17. The Morgan fingerprint density at radius 1 is 1.36 bits per heavy atom. The molecule has 5 heteroatoms. The van der Waals surface area contributed by atoms with E-state index in [-0.39, 0.29) is 5.91 Å². The average molecular weight is 306 g/mol. The van der Waals surface area contributed by atoms with E-state index in [9.17, 15) is 4.79 Å². The fourth-order valence-corrected chi connectivity index (χ4v) is 2.84. The summed E-state index contributed by atoms with van der Waals surface area (Å²) in [4.78, 5) is 18.7. The summed E-state index contributed by atoms with van der Waals surface area (Å²) < 4.78 is 11.0. The molecule has 0 radical (unpaired) electrons. The second kappa shape index (κ2) is 6.65. The van der Waals surface area contributed by atoms with Gasteiger partial charge in [-0.2, -0.15) is 0 Å².